The summed E-state index contributed by atoms with van der Waals surface area (Å²) in [6.45, 7) is 7.24. The fraction of sp³-hybridized carbons (Fsp3) is 0.429. The van der Waals surface area contributed by atoms with Crippen molar-refractivity contribution < 1.29 is 14.0 Å². The van der Waals surface area contributed by atoms with Gasteiger partial charge in [0.15, 0.2) is 0 Å². The molecule has 152 valence electrons. The van der Waals surface area contributed by atoms with E-state index in [0.717, 1.165) is 16.0 Å². The van der Waals surface area contributed by atoms with E-state index in [-0.39, 0.29) is 36.0 Å². The van der Waals surface area contributed by atoms with Gasteiger partial charge < -0.3 is 9.80 Å². The van der Waals surface area contributed by atoms with Crippen LogP contribution in [-0.2, 0) is 22.7 Å². The Morgan fingerprint density at radius 1 is 1.07 bits per heavy atom. The third kappa shape index (κ3) is 6.60. The lowest BCUT2D eigenvalue weighted by Gasteiger charge is -2.28. The smallest absolute Gasteiger partial charge is 0.242 e. The largest absolute Gasteiger partial charge is 0.332 e. The van der Waals surface area contributed by atoms with Gasteiger partial charge in [0.05, 0.1) is 13.1 Å². The molecule has 2 amide bonds. The average Bonchev–Trinajstić information content (AvgIpc) is 3.06. The number of carbonyl (C=O) groups is 2. The van der Waals surface area contributed by atoms with Gasteiger partial charge in [-0.15, -0.1) is 22.9 Å². The van der Waals surface area contributed by atoms with Gasteiger partial charge in [0, 0.05) is 18.0 Å². The zero-order valence-electron chi connectivity index (χ0n) is 16.5. The Morgan fingerprint density at radius 2 is 1.75 bits per heavy atom. The molecule has 0 aliphatic rings. The molecule has 0 spiro atoms. The number of alkyl halides is 1. The number of hydrogen-bond donors (Lipinski definition) is 0. The van der Waals surface area contributed by atoms with Crippen LogP contribution < -0.4 is 0 Å². The second kappa shape index (κ2) is 10.6. The molecule has 1 heterocycles. The Bertz CT molecular complexity index is 792. The molecule has 4 nitrogen and oxygen atoms in total. The molecule has 1 aromatic carbocycles. The molecule has 0 saturated carbocycles. The summed E-state index contributed by atoms with van der Waals surface area (Å²) in [5, 5.41) is 1.99. The zero-order chi connectivity index (χ0) is 20.7. The van der Waals surface area contributed by atoms with E-state index < -0.39 is 0 Å². The van der Waals surface area contributed by atoms with Crippen molar-refractivity contribution in [1.29, 1.82) is 0 Å². The van der Waals surface area contributed by atoms with E-state index in [4.69, 9.17) is 11.6 Å². The minimum Gasteiger partial charge on any atom is -0.332 e. The predicted molar refractivity (Wildman–Crippen MR) is 112 cm³/mol. The van der Waals surface area contributed by atoms with Gasteiger partial charge in [0.25, 0.3) is 0 Å². The predicted octanol–water partition coefficient (Wildman–Crippen LogP) is 4.45. The Labute approximate surface area is 174 Å². The molecular weight excluding hydrogens is 399 g/mol. The van der Waals surface area contributed by atoms with Crippen molar-refractivity contribution in [2.75, 3.05) is 19.0 Å². The van der Waals surface area contributed by atoms with Crippen LogP contribution in [0.3, 0.4) is 0 Å². The zero-order valence-corrected chi connectivity index (χ0v) is 18.0. The van der Waals surface area contributed by atoms with Crippen LogP contribution in [0.2, 0.25) is 0 Å². The van der Waals surface area contributed by atoms with E-state index in [1.165, 1.54) is 17.0 Å². The van der Waals surface area contributed by atoms with Crippen molar-refractivity contribution in [3.63, 3.8) is 0 Å². The Hall–Kier alpha value is -1.92. The fourth-order valence-electron chi connectivity index (χ4n) is 2.82. The lowest BCUT2D eigenvalue weighted by Crippen LogP contribution is -2.44. The van der Waals surface area contributed by atoms with Gasteiger partial charge >= 0.3 is 0 Å². The summed E-state index contributed by atoms with van der Waals surface area (Å²) >= 11 is 7.32. The number of hydrogen-bond acceptors (Lipinski definition) is 3. The molecule has 0 atom stereocenters. The van der Waals surface area contributed by atoms with Crippen LogP contribution in [0, 0.1) is 18.7 Å². The molecule has 0 fully saturated rings. The van der Waals surface area contributed by atoms with E-state index >= 15 is 0 Å². The van der Waals surface area contributed by atoms with E-state index in [0.29, 0.717) is 19.6 Å². The van der Waals surface area contributed by atoms with Crippen LogP contribution in [-0.4, -0.2) is 40.6 Å². The summed E-state index contributed by atoms with van der Waals surface area (Å²) < 4.78 is 13.2. The topological polar surface area (TPSA) is 40.6 Å². The summed E-state index contributed by atoms with van der Waals surface area (Å²) in [5.74, 6) is -0.646. The first-order valence-corrected chi connectivity index (χ1v) is 10.6. The van der Waals surface area contributed by atoms with Crippen LogP contribution in [0.1, 0.15) is 29.9 Å². The molecule has 2 rings (SSSR count). The van der Waals surface area contributed by atoms with E-state index in [2.05, 4.69) is 0 Å². The van der Waals surface area contributed by atoms with Gasteiger partial charge in [-0.25, -0.2) is 4.39 Å². The molecule has 7 heteroatoms. The first kappa shape index (κ1) is 22.4. The molecule has 0 saturated heterocycles. The number of aryl methyl sites for hydroxylation is 1. The second-order valence-electron chi connectivity index (χ2n) is 7.20. The molecule has 0 N–H and O–H groups in total. The molecule has 1 aromatic heterocycles. The molecule has 0 radical (unpaired) electrons. The lowest BCUT2D eigenvalue weighted by atomic mass is 10.2. The van der Waals surface area contributed by atoms with E-state index in [1.807, 2.05) is 32.2 Å². The van der Waals surface area contributed by atoms with Crippen molar-refractivity contribution in [3.05, 3.63) is 57.5 Å². The van der Waals surface area contributed by atoms with Crippen molar-refractivity contribution in [2.24, 2.45) is 5.92 Å². The third-order valence-corrected chi connectivity index (χ3v) is 5.56. The van der Waals surface area contributed by atoms with Gasteiger partial charge in [0.2, 0.25) is 11.8 Å². The summed E-state index contributed by atoms with van der Waals surface area (Å²) in [6.07, 6.45) is 0. The van der Waals surface area contributed by atoms with Gasteiger partial charge in [-0.1, -0.05) is 26.0 Å². The van der Waals surface area contributed by atoms with Crippen LogP contribution in [0.15, 0.2) is 35.7 Å². The van der Waals surface area contributed by atoms with Crippen LogP contribution in [0.4, 0.5) is 4.39 Å². The maximum absolute atomic E-state index is 13.2. The van der Waals surface area contributed by atoms with E-state index in [9.17, 15) is 14.0 Å². The van der Waals surface area contributed by atoms with Gasteiger partial charge in [0.1, 0.15) is 11.7 Å². The van der Waals surface area contributed by atoms with Gasteiger partial charge in [-0.2, -0.15) is 0 Å². The molecule has 0 bridgehead atoms. The monoisotopic (exact) mass is 424 g/mol. The maximum Gasteiger partial charge on any atom is 0.242 e. The van der Waals surface area contributed by atoms with Crippen molar-refractivity contribution in [1.82, 2.24) is 9.80 Å². The molecule has 0 aliphatic carbocycles. The number of carbonyl (C=O) groups excluding carboxylic acids is 2. The molecule has 28 heavy (non-hydrogen) atoms. The number of nitrogens with zero attached hydrogens (tertiary/aromatic N) is 2. The quantitative estimate of drug-likeness (QED) is 0.558. The highest BCUT2D eigenvalue weighted by atomic mass is 35.5. The number of halogens is 2. The number of benzene rings is 1. The second-order valence-corrected chi connectivity index (χ2v) is 8.47. The van der Waals surface area contributed by atoms with Crippen molar-refractivity contribution in [3.8, 4) is 0 Å². The van der Waals surface area contributed by atoms with E-state index in [1.54, 1.807) is 28.4 Å². The number of rotatable bonds is 9. The van der Waals surface area contributed by atoms with Crippen LogP contribution in [0.5, 0.6) is 0 Å². The molecular formula is C21H26ClFN2O2S. The molecule has 0 unspecified atom stereocenters. The minimum absolute atomic E-state index is 0.0185. The maximum atomic E-state index is 13.2. The van der Waals surface area contributed by atoms with Crippen molar-refractivity contribution >= 4 is 34.8 Å². The Morgan fingerprint density at radius 3 is 2.29 bits per heavy atom. The highest BCUT2D eigenvalue weighted by Gasteiger charge is 2.22. The number of thiophene rings is 1. The first-order chi connectivity index (χ1) is 13.3. The normalized spacial score (nSPS) is 10.9. The van der Waals surface area contributed by atoms with Gasteiger partial charge in [-0.3, -0.25) is 9.59 Å². The third-order valence-electron chi connectivity index (χ3n) is 4.32. The summed E-state index contributed by atoms with van der Waals surface area (Å²) in [5.41, 5.74) is 1.96. The minimum atomic E-state index is -0.313. The fourth-order valence-corrected chi connectivity index (χ4v) is 3.91. The Kier molecular flexibility index (Phi) is 8.45. The average molecular weight is 425 g/mol. The highest BCUT2D eigenvalue weighted by Crippen LogP contribution is 2.20. The lowest BCUT2D eigenvalue weighted by molar-refractivity contribution is -0.140. The summed E-state index contributed by atoms with van der Waals surface area (Å²) in [6, 6.07) is 8.13. The standard InChI is InChI=1S/C21H26ClFN2O2S/c1-15(2)11-24(20(26)10-22)14-21(27)25(13-19-16(3)8-9-28-19)12-17-4-6-18(23)7-5-17/h4-9,15H,10-14H2,1-3H3. The molecule has 0 aliphatic heterocycles. The summed E-state index contributed by atoms with van der Waals surface area (Å²) in [4.78, 5) is 29.6. The van der Waals surface area contributed by atoms with Crippen LogP contribution >= 0.6 is 22.9 Å². The summed E-state index contributed by atoms with van der Waals surface area (Å²) in [7, 11) is 0. The van der Waals surface area contributed by atoms with Gasteiger partial charge in [-0.05, 0) is 47.5 Å². The van der Waals surface area contributed by atoms with Crippen molar-refractivity contribution in [2.45, 2.75) is 33.9 Å². The Balaban J connectivity index is 2.20. The van der Waals surface area contributed by atoms with Crippen LogP contribution in [0.25, 0.3) is 0 Å². The molecule has 2 aromatic rings. The first-order valence-electron chi connectivity index (χ1n) is 9.19. The number of amides is 2. The SMILES string of the molecule is Cc1ccsc1CN(Cc1ccc(F)cc1)C(=O)CN(CC(C)C)C(=O)CCl. The highest BCUT2D eigenvalue weighted by molar-refractivity contribution is 7.10.